The number of rotatable bonds is 6. The predicted octanol–water partition coefficient (Wildman–Crippen LogP) is 2.26. The number of primary amides is 1. The SMILES string of the molecule is Cc1cccc(-c2nc(CNC3CCOCC3)cn2-c2ccc3ncc(C(N)=O)n3c2)n1. The molecule has 0 spiro atoms. The van der Waals surface area contributed by atoms with Crippen LogP contribution in [-0.4, -0.2) is 49.1 Å². The number of nitrogens with zero attached hydrogens (tertiary/aromatic N) is 5. The molecule has 4 aromatic rings. The number of fused-ring (bicyclic) bond motifs is 1. The van der Waals surface area contributed by atoms with Crippen LogP contribution < -0.4 is 11.1 Å². The van der Waals surface area contributed by atoms with Gasteiger partial charge in [0.2, 0.25) is 0 Å². The molecule has 0 aliphatic carbocycles. The molecule has 1 amide bonds. The number of pyridine rings is 2. The first-order valence-corrected chi connectivity index (χ1v) is 10.7. The number of hydrogen-bond acceptors (Lipinski definition) is 6. The van der Waals surface area contributed by atoms with Crippen molar-refractivity contribution in [3.8, 4) is 17.2 Å². The van der Waals surface area contributed by atoms with E-state index in [2.05, 4.69) is 15.3 Å². The Bertz CT molecular complexity index is 1270. The summed E-state index contributed by atoms with van der Waals surface area (Å²) in [4.78, 5) is 25.6. The van der Waals surface area contributed by atoms with Crippen molar-refractivity contribution in [2.24, 2.45) is 5.73 Å². The fourth-order valence-corrected chi connectivity index (χ4v) is 4.00. The Hall–Kier alpha value is -3.56. The summed E-state index contributed by atoms with van der Waals surface area (Å²) >= 11 is 0. The molecule has 3 N–H and O–H groups in total. The van der Waals surface area contributed by atoms with Crippen LogP contribution in [0.5, 0.6) is 0 Å². The molecule has 0 saturated carbocycles. The van der Waals surface area contributed by atoms with Gasteiger partial charge in [-0.1, -0.05) is 6.07 Å². The predicted molar refractivity (Wildman–Crippen MR) is 119 cm³/mol. The number of amides is 1. The van der Waals surface area contributed by atoms with E-state index in [0.717, 1.165) is 54.6 Å². The van der Waals surface area contributed by atoms with Crippen LogP contribution in [0.15, 0.2) is 48.9 Å². The van der Waals surface area contributed by atoms with Gasteiger partial charge in [-0.05, 0) is 44.0 Å². The maximum absolute atomic E-state index is 11.8. The second-order valence-electron chi connectivity index (χ2n) is 7.98. The number of aryl methyl sites for hydroxylation is 1. The average molecular weight is 432 g/mol. The lowest BCUT2D eigenvalue weighted by molar-refractivity contribution is 0.0775. The minimum absolute atomic E-state index is 0.332. The molecule has 4 aromatic heterocycles. The molecule has 1 aliphatic rings. The zero-order chi connectivity index (χ0) is 22.1. The Kier molecular flexibility index (Phi) is 5.42. The van der Waals surface area contributed by atoms with Crippen molar-refractivity contribution >= 4 is 11.6 Å². The Morgan fingerprint density at radius 1 is 1.19 bits per heavy atom. The van der Waals surface area contributed by atoms with Crippen LogP contribution >= 0.6 is 0 Å². The molecule has 1 saturated heterocycles. The van der Waals surface area contributed by atoms with Crippen molar-refractivity contribution < 1.29 is 9.53 Å². The Labute approximate surface area is 185 Å². The van der Waals surface area contributed by atoms with Gasteiger partial charge in [0, 0.05) is 43.9 Å². The molecule has 0 bridgehead atoms. The van der Waals surface area contributed by atoms with Gasteiger partial charge in [0.25, 0.3) is 5.91 Å². The number of nitrogens with two attached hydrogens (primary N) is 1. The molecule has 0 atom stereocenters. The number of imidazole rings is 2. The van der Waals surface area contributed by atoms with E-state index in [9.17, 15) is 4.79 Å². The van der Waals surface area contributed by atoms with E-state index in [4.69, 9.17) is 15.5 Å². The van der Waals surface area contributed by atoms with Crippen LogP contribution in [-0.2, 0) is 11.3 Å². The number of nitrogens with one attached hydrogen (secondary N) is 1. The average Bonchev–Trinajstić information content (AvgIpc) is 3.42. The number of aromatic nitrogens is 5. The third-order valence-electron chi connectivity index (χ3n) is 5.69. The molecule has 5 heterocycles. The maximum atomic E-state index is 11.8. The van der Waals surface area contributed by atoms with Gasteiger partial charge in [-0.3, -0.25) is 13.8 Å². The molecule has 0 aromatic carbocycles. The monoisotopic (exact) mass is 431 g/mol. The number of hydrogen-bond donors (Lipinski definition) is 2. The van der Waals surface area contributed by atoms with Gasteiger partial charge in [0.15, 0.2) is 5.82 Å². The summed E-state index contributed by atoms with van der Waals surface area (Å²) < 4.78 is 9.14. The van der Waals surface area contributed by atoms with Crippen molar-refractivity contribution in [3.05, 3.63) is 66.0 Å². The van der Waals surface area contributed by atoms with Crippen LogP contribution in [0, 0.1) is 6.92 Å². The highest BCUT2D eigenvalue weighted by Gasteiger charge is 2.17. The largest absolute Gasteiger partial charge is 0.381 e. The van der Waals surface area contributed by atoms with Gasteiger partial charge in [-0.2, -0.15) is 0 Å². The van der Waals surface area contributed by atoms with E-state index < -0.39 is 5.91 Å². The second-order valence-corrected chi connectivity index (χ2v) is 7.98. The highest BCUT2D eigenvalue weighted by Crippen LogP contribution is 2.23. The van der Waals surface area contributed by atoms with Gasteiger partial charge >= 0.3 is 0 Å². The Morgan fingerprint density at radius 2 is 2.03 bits per heavy atom. The molecule has 1 fully saturated rings. The van der Waals surface area contributed by atoms with Crippen molar-refractivity contribution in [1.82, 2.24) is 29.2 Å². The summed E-state index contributed by atoms with van der Waals surface area (Å²) in [5.74, 6) is 0.208. The van der Waals surface area contributed by atoms with Crippen molar-refractivity contribution in [2.45, 2.75) is 32.4 Å². The first kappa shape index (κ1) is 20.3. The molecular formula is C23H25N7O2. The topological polar surface area (TPSA) is 112 Å². The normalized spacial score (nSPS) is 14.8. The Morgan fingerprint density at radius 3 is 2.81 bits per heavy atom. The van der Waals surface area contributed by atoms with Crippen LogP contribution in [0.4, 0.5) is 0 Å². The first-order chi connectivity index (χ1) is 15.6. The van der Waals surface area contributed by atoms with Gasteiger partial charge in [0.05, 0.1) is 17.6 Å². The molecular weight excluding hydrogens is 406 g/mol. The molecule has 5 rings (SSSR count). The summed E-state index contributed by atoms with van der Waals surface area (Å²) in [6, 6.07) is 10.1. The summed E-state index contributed by atoms with van der Waals surface area (Å²) in [6.07, 6.45) is 7.34. The van der Waals surface area contributed by atoms with E-state index in [1.54, 1.807) is 4.40 Å². The first-order valence-electron chi connectivity index (χ1n) is 10.7. The lowest BCUT2D eigenvalue weighted by atomic mass is 10.1. The highest BCUT2D eigenvalue weighted by molar-refractivity contribution is 5.91. The molecule has 1 aliphatic heterocycles. The van der Waals surface area contributed by atoms with Gasteiger partial charge < -0.3 is 15.8 Å². The third-order valence-corrected chi connectivity index (χ3v) is 5.69. The van der Waals surface area contributed by atoms with Gasteiger partial charge in [0.1, 0.15) is 17.0 Å². The summed E-state index contributed by atoms with van der Waals surface area (Å²) in [6.45, 7) is 4.19. The molecule has 0 unspecified atom stereocenters. The van der Waals surface area contributed by atoms with Crippen molar-refractivity contribution in [2.75, 3.05) is 13.2 Å². The van der Waals surface area contributed by atoms with E-state index in [1.807, 2.05) is 54.2 Å². The van der Waals surface area contributed by atoms with Crippen LogP contribution in [0.1, 0.15) is 34.7 Å². The Balaban J connectivity index is 1.55. The molecule has 9 heteroatoms. The van der Waals surface area contributed by atoms with Crippen molar-refractivity contribution in [1.29, 1.82) is 0 Å². The van der Waals surface area contributed by atoms with Gasteiger partial charge in [-0.15, -0.1) is 0 Å². The van der Waals surface area contributed by atoms with E-state index >= 15 is 0 Å². The number of carbonyl (C=O) groups is 1. The second kappa shape index (κ2) is 8.52. The quantitative estimate of drug-likeness (QED) is 0.484. The minimum Gasteiger partial charge on any atom is -0.381 e. The lowest BCUT2D eigenvalue weighted by Crippen LogP contribution is -2.34. The smallest absolute Gasteiger partial charge is 0.267 e. The van der Waals surface area contributed by atoms with E-state index in [-0.39, 0.29) is 0 Å². The molecule has 0 radical (unpaired) electrons. The summed E-state index contributed by atoms with van der Waals surface area (Å²) in [7, 11) is 0. The standard InChI is InChI=1S/C23H25N7O2/c1-15-3-2-4-19(27-15)23-28-17(11-25-16-7-9-32-10-8-16)13-29(23)18-5-6-21-26-12-20(22(24)31)30(21)14-18/h2-6,12-14,16,25H,7-11H2,1H3,(H2,24,31). The molecule has 32 heavy (non-hydrogen) atoms. The fourth-order valence-electron chi connectivity index (χ4n) is 4.00. The zero-order valence-corrected chi connectivity index (χ0v) is 17.9. The number of ether oxygens (including phenoxy) is 1. The van der Waals surface area contributed by atoms with Crippen LogP contribution in [0.25, 0.3) is 22.9 Å². The van der Waals surface area contributed by atoms with Crippen molar-refractivity contribution in [3.63, 3.8) is 0 Å². The summed E-state index contributed by atoms with van der Waals surface area (Å²) in [5.41, 5.74) is 9.95. The number of carbonyl (C=O) groups excluding carboxylic acids is 1. The van der Waals surface area contributed by atoms with Crippen LogP contribution in [0.2, 0.25) is 0 Å². The lowest BCUT2D eigenvalue weighted by Gasteiger charge is -2.22. The maximum Gasteiger partial charge on any atom is 0.267 e. The van der Waals surface area contributed by atoms with Crippen LogP contribution in [0.3, 0.4) is 0 Å². The summed E-state index contributed by atoms with van der Waals surface area (Å²) in [5, 5.41) is 3.59. The minimum atomic E-state index is -0.526. The van der Waals surface area contributed by atoms with E-state index in [0.29, 0.717) is 23.9 Å². The third kappa shape index (κ3) is 4.00. The molecule has 164 valence electrons. The van der Waals surface area contributed by atoms with Gasteiger partial charge in [-0.25, -0.2) is 15.0 Å². The van der Waals surface area contributed by atoms with E-state index in [1.165, 1.54) is 6.20 Å². The zero-order valence-electron chi connectivity index (χ0n) is 17.9. The molecule has 9 nitrogen and oxygen atoms in total. The fraction of sp³-hybridized carbons (Fsp3) is 0.304. The highest BCUT2D eigenvalue weighted by atomic mass is 16.5.